The van der Waals surface area contributed by atoms with Gasteiger partial charge in [-0.2, -0.15) is 0 Å². The number of rotatable bonds is 6. The van der Waals surface area contributed by atoms with Crippen LogP contribution in [0.3, 0.4) is 0 Å². The molecule has 1 aliphatic heterocycles. The Morgan fingerprint density at radius 1 is 1.35 bits per heavy atom. The minimum atomic E-state index is -0.335. The van der Waals surface area contributed by atoms with Gasteiger partial charge in [-0.15, -0.1) is 11.8 Å². The molecule has 2 N–H and O–H groups in total. The summed E-state index contributed by atoms with van der Waals surface area (Å²) in [5.74, 6) is 1.22. The van der Waals surface area contributed by atoms with Crippen molar-refractivity contribution in [2.45, 2.75) is 33.0 Å². The van der Waals surface area contributed by atoms with Crippen LogP contribution >= 0.6 is 23.4 Å². The average Bonchev–Trinajstić information content (AvgIpc) is 3.06. The predicted molar refractivity (Wildman–Crippen MR) is 106 cm³/mol. The van der Waals surface area contributed by atoms with E-state index >= 15 is 0 Å². The van der Waals surface area contributed by atoms with Crippen molar-refractivity contribution in [1.82, 2.24) is 9.88 Å². The summed E-state index contributed by atoms with van der Waals surface area (Å²) >= 11 is 8.04. The first-order valence-electron chi connectivity index (χ1n) is 8.35. The molecule has 0 aliphatic carbocycles. The number of halogens is 2. The molecule has 0 fully saturated rings. The number of aromatic nitrogens is 1. The van der Waals surface area contributed by atoms with E-state index in [1.165, 1.54) is 12.1 Å². The van der Waals surface area contributed by atoms with Crippen molar-refractivity contribution in [3.8, 4) is 0 Å². The van der Waals surface area contributed by atoms with E-state index in [-0.39, 0.29) is 18.5 Å². The molecule has 0 spiro atoms. The fourth-order valence-corrected chi connectivity index (χ4v) is 4.03. The number of thioether (sulfide) groups is 1. The maximum absolute atomic E-state index is 13.3. The largest absolute Gasteiger partial charge is 0.392 e. The minimum absolute atomic E-state index is 0.176. The lowest BCUT2D eigenvalue weighted by molar-refractivity contribution is 0.278. The zero-order chi connectivity index (χ0) is 18.7. The maximum atomic E-state index is 13.3. The summed E-state index contributed by atoms with van der Waals surface area (Å²) in [7, 11) is 0. The van der Waals surface area contributed by atoms with Crippen LogP contribution in [0.25, 0.3) is 4.91 Å². The molecule has 0 radical (unpaired) electrons. The van der Waals surface area contributed by atoms with Crippen LogP contribution in [0.2, 0.25) is 5.02 Å². The average molecular weight is 394 g/mol. The maximum Gasteiger partial charge on any atom is 0.126 e. The van der Waals surface area contributed by atoms with Crippen LogP contribution in [0.4, 0.5) is 10.2 Å². The first-order valence-corrected chi connectivity index (χ1v) is 9.72. The molecule has 7 heteroatoms. The summed E-state index contributed by atoms with van der Waals surface area (Å²) in [6, 6.07) is 6.77. The first kappa shape index (κ1) is 19.0. The molecule has 0 bridgehead atoms. The second-order valence-electron chi connectivity index (χ2n) is 6.43. The van der Waals surface area contributed by atoms with Crippen LogP contribution < -0.4 is 5.32 Å². The zero-order valence-electron chi connectivity index (χ0n) is 14.7. The highest BCUT2D eigenvalue weighted by Crippen LogP contribution is 2.39. The highest BCUT2D eigenvalue weighted by molar-refractivity contribution is 8.08. The summed E-state index contributed by atoms with van der Waals surface area (Å²) < 4.78 is 13.3. The highest BCUT2D eigenvalue weighted by atomic mass is 35.5. The van der Waals surface area contributed by atoms with Gasteiger partial charge in [0.15, 0.2) is 0 Å². The molecule has 0 unspecified atom stereocenters. The van der Waals surface area contributed by atoms with Crippen molar-refractivity contribution in [3.63, 3.8) is 0 Å². The Kier molecular flexibility index (Phi) is 6.06. The van der Waals surface area contributed by atoms with Crippen LogP contribution in [-0.2, 0) is 13.2 Å². The third-order valence-electron chi connectivity index (χ3n) is 3.96. The van der Waals surface area contributed by atoms with Crippen molar-refractivity contribution in [1.29, 1.82) is 0 Å². The molecule has 3 rings (SSSR count). The van der Waals surface area contributed by atoms with Gasteiger partial charge in [-0.3, -0.25) is 0 Å². The Balaban J connectivity index is 1.80. The summed E-state index contributed by atoms with van der Waals surface area (Å²) in [6.45, 7) is 4.54. The van der Waals surface area contributed by atoms with Crippen LogP contribution in [0.5, 0.6) is 0 Å². The van der Waals surface area contributed by atoms with Crippen LogP contribution in [0.15, 0.2) is 36.7 Å². The monoisotopic (exact) mass is 393 g/mol. The molecular weight excluding hydrogens is 373 g/mol. The van der Waals surface area contributed by atoms with E-state index in [0.29, 0.717) is 17.1 Å². The van der Waals surface area contributed by atoms with Gasteiger partial charge in [-0.1, -0.05) is 17.7 Å². The second-order valence-corrected chi connectivity index (χ2v) is 7.83. The van der Waals surface area contributed by atoms with E-state index in [1.54, 1.807) is 24.0 Å². The third kappa shape index (κ3) is 4.50. The number of aliphatic hydroxyl groups is 1. The van der Waals surface area contributed by atoms with Gasteiger partial charge >= 0.3 is 0 Å². The van der Waals surface area contributed by atoms with E-state index in [1.807, 2.05) is 6.07 Å². The normalized spacial score (nSPS) is 14.1. The summed E-state index contributed by atoms with van der Waals surface area (Å²) in [5, 5.41) is 13.3. The van der Waals surface area contributed by atoms with Crippen molar-refractivity contribution in [3.05, 3.63) is 64.2 Å². The highest BCUT2D eigenvalue weighted by Gasteiger charge is 2.19. The molecule has 0 amide bonds. The number of pyridine rings is 1. The third-order valence-corrected chi connectivity index (χ3v) is 5.35. The predicted octanol–water partition coefficient (Wildman–Crippen LogP) is 4.69. The molecule has 2 aromatic rings. The molecule has 1 aromatic heterocycles. The van der Waals surface area contributed by atoms with E-state index in [9.17, 15) is 9.50 Å². The van der Waals surface area contributed by atoms with Gasteiger partial charge in [0.2, 0.25) is 0 Å². The molecule has 0 saturated heterocycles. The Morgan fingerprint density at radius 2 is 2.15 bits per heavy atom. The van der Waals surface area contributed by atoms with Crippen molar-refractivity contribution >= 4 is 34.1 Å². The van der Waals surface area contributed by atoms with Gasteiger partial charge in [0.05, 0.1) is 17.5 Å². The van der Waals surface area contributed by atoms with Crippen LogP contribution in [0, 0.1) is 5.82 Å². The number of hydrogen-bond donors (Lipinski definition) is 2. The first-order chi connectivity index (χ1) is 12.5. The van der Waals surface area contributed by atoms with Gasteiger partial charge in [0.1, 0.15) is 11.6 Å². The van der Waals surface area contributed by atoms with Crippen LogP contribution in [0.1, 0.15) is 30.5 Å². The van der Waals surface area contributed by atoms with Gasteiger partial charge in [-0.05, 0) is 43.2 Å². The lowest BCUT2D eigenvalue weighted by Crippen LogP contribution is -2.14. The molecule has 0 atom stereocenters. The molecular formula is C19H21ClFN3OS. The summed E-state index contributed by atoms with van der Waals surface area (Å²) in [5.41, 5.74) is 2.47. The molecule has 26 heavy (non-hydrogen) atoms. The SMILES string of the molecule is CC(C)Nc1cc(C2=CN(Cc3ccc(F)cc3CO)CS2)c(Cl)cn1. The van der Waals surface area contributed by atoms with Crippen LogP contribution in [-0.4, -0.2) is 26.9 Å². The smallest absolute Gasteiger partial charge is 0.126 e. The van der Waals surface area contributed by atoms with E-state index in [0.717, 1.165) is 27.7 Å². The minimum Gasteiger partial charge on any atom is -0.392 e. The molecule has 4 nitrogen and oxygen atoms in total. The van der Waals surface area contributed by atoms with E-state index in [4.69, 9.17) is 11.6 Å². The number of nitrogens with zero attached hydrogens (tertiary/aromatic N) is 2. The Bertz CT molecular complexity index is 828. The van der Waals surface area contributed by atoms with Crippen molar-refractivity contribution in [2.75, 3.05) is 11.2 Å². The fourth-order valence-electron chi connectivity index (χ4n) is 2.75. The number of anilines is 1. The summed E-state index contributed by atoms with van der Waals surface area (Å²) in [6.07, 6.45) is 3.71. The summed E-state index contributed by atoms with van der Waals surface area (Å²) in [4.78, 5) is 7.50. The molecule has 1 aliphatic rings. The Labute approximate surface area is 162 Å². The van der Waals surface area contributed by atoms with Gasteiger partial charge < -0.3 is 15.3 Å². The quantitative estimate of drug-likeness (QED) is 0.745. The second kappa shape index (κ2) is 8.29. The van der Waals surface area contributed by atoms with Gasteiger partial charge in [0, 0.05) is 35.5 Å². The zero-order valence-corrected chi connectivity index (χ0v) is 16.2. The van der Waals surface area contributed by atoms with Gasteiger partial charge in [0.25, 0.3) is 0 Å². The number of hydrogen-bond acceptors (Lipinski definition) is 5. The standard InChI is InChI=1S/C19H21ClFN3OS/c1-12(2)23-19-6-16(17(20)7-22-19)18-9-24(11-26-18)8-13-3-4-15(21)5-14(13)10-25/h3-7,9,12,25H,8,10-11H2,1-2H3,(H,22,23). The lowest BCUT2D eigenvalue weighted by Gasteiger charge is -2.16. The van der Waals surface area contributed by atoms with Crippen molar-refractivity contribution in [2.24, 2.45) is 0 Å². The molecule has 138 valence electrons. The number of aliphatic hydroxyl groups excluding tert-OH is 1. The van der Waals surface area contributed by atoms with Gasteiger partial charge in [-0.25, -0.2) is 9.37 Å². The van der Waals surface area contributed by atoms with E-state index in [2.05, 4.69) is 35.2 Å². The number of nitrogens with one attached hydrogen (secondary N) is 1. The molecule has 2 heterocycles. The Hall–Kier alpha value is -1.76. The fraction of sp³-hybridized carbons (Fsp3) is 0.316. The van der Waals surface area contributed by atoms with E-state index < -0.39 is 0 Å². The van der Waals surface area contributed by atoms with Crippen molar-refractivity contribution < 1.29 is 9.50 Å². The molecule has 1 aromatic carbocycles. The number of benzene rings is 1. The topological polar surface area (TPSA) is 48.4 Å². The Morgan fingerprint density at radius 3 is 2.88 bits per heavy atom. The lowest BCUT2D eigenvalue weighted by atomic mass is 10.1. The molecule has 0 saturated carbocycles.